The molecule has 1 fully saturated rings. The largest absolute Gasteiger partial charge is 0.454 e. The van der Waals surface area contributed by atoms with Crippen LogP contribution in [0.5, 0.6) is 0 Å². The third-order valence-corrected chi connectivity index (χ3v) is 14.8. The minimum atomic E-state index is -1.64. The SMILES string of the molecule is CC/C=C\C/C=C\C/C=C\C/C=C\C/C=C\CCCCCC(=O)OC1C(OCC(NC(=O)C(O)CCCCCCCC/C=C\C/C=C\C/C=C\C/C=C\CCCCC)C(O)/C=C/CCCCCCCCCCCCC)OC(CO)C(O)C1O. The van der Waals surface area contributed by atoms with Crippen LogP contribution in [0.25, 0.3) is 0 Å². The minimum absolute atomic E-state index is 0.0765. The number of aliphatic hydroxyl groups excluding tert-OH is 5. The summed E-state index contributed by atoms with van der Waals surface area (Å²) in [4.78, 5) is 26.6. The average molecular weight is 1160 g/mol. The summed E-state index contributed by atoms with van der Waals surface area (Å²) in [6.45, 7) is 5.63. The molecule has 1 saturated heterocycles. The van der Waals surface area contributed by atoms with Gasteiger partial charge in [-0.15, -0.1) is 0 Å². The normalized spacial score (nSPS) is 19.3. The molecular formula is C72H121NO10. The lowest BCUT2D eigenvalue weighted by Crippen LogP contribution is -2.61. The van der Waals surface area contributed by atoms with Gasteiger partial charge in [-0.2, -0.15) is 0 Å². The van der Waals surface area contributed by atoms with E-state index in [9.17, 15) is 35.1 Å². The number of nitrogens with one attached hydrogen (secondary N) is 1. The fraction of sp³-hybridized carbons (Fsp3) is 0.694. The van der Waals surface area contributed by atoms with Gasteiger partial charge in [0.25, 0.3) is 0 Å². The fourth-order valence-corrected chi connectivity index (χ4v) is 9.60. The molecule has 11 heteroatoms. The first-order valence-corrected chi connectivity index (χ1v) is 33.3. The number of ether oxygens (including phenoxy) is 3. The van der Waals surface area contributed by atoms with E-state index in [1.807, 2.05) is 6.08 Å². The van der Waals surface area contributed by atoms with Gasteiger partial charge in [0.15, 0.2) is 12.4 Å². The molecule has 1 amide bonds. The van der Waals surface area contributed by atoms with E-state index < -0.39 is 67.4 Å². The van der Waals surface area contributed by atoms with Crippen LogP contribution in [0, 0.1) is 0 Å². The number of allylic oxidation sites excluding steroid dienone is 19. The van der Waals surface area contributed by atoms with Gasteiger partial charge in [-0.3, -0.25) is 9.59 Å². The van der Waals surface area contributed by atoms with Gasteiger partial charge in [-0.05, 0) is 116 Å². The summed E-state index contributed by atoms with van der Waals surface area (Å²) in [7, 11) is 0. The molecular weight excluding hydrogens is 1040 g/mol. The molecule has 0 saturated carbocycles. The van der Waals surface area contributed by atoms with Gasteiger partial charge in [-0.25, -0.2) is 0 Å². The highest BCUT2D eigenvalue weighted by molar-refractivity contribution is 5.80. The Bertz CT molecular complexity index is 1810. The maximum absolute atomic E-state index is 13.5. The summed E-state index contributed by atoms with van der Waals surface area (Å²) in [6.07, 6.45) is 70.8. The third kappa shape index (κ3) is 46.0. The van der Waals surface area contributed by atoms with Crippen LogP contribution >= 0.6 is 0 Å². The molecule has 0 aliphatic carbocycles. The summed E-state index contributed by atoms with van der Waals surface area (Å²) in [6, 6.07) is -1.05. The van der Waals surface area contributed by atoms with Crippen LogP contribution in [0.3, 0.4) is 0 Å². The first-order valence-electron chi connectivity index (χ1n) is 33.3. The molecule has 1 aliphatic heterocycles. The molecule has 8 atom stereocenters. The molecule has 474 valence electrons. The number of carbonyl (C=O) groups excluding carboxylic acids is 2. The van der Waals surface area contributed by atoms with Crippen molar-refractivity contribution in [3.05, 3.63) is 122 Å². The van der Waals surface area contributed by atoms with Crippen molar-refractivity contribution < 1.29 is 49.3 Å². The highest BCUT2D eigenvalue weighted by Gasteiger charge is 2.47. The molecule has 11 nitrogen and oxygen atoms in total. The zero-order valence-corrected chi connectivity index (χ0v) is 52.5. The van der Waals surface area contributed by atoms with Gasteiger partial charge in [0, 0.05) is 6.42 Å². The smallest absolute Gasteiger partial charge is 0.306 e. The molecule has 1 heterocycles. The molecule has 0 aromatic carbocycles. The molecule has 83 heavy (non-hydrogen) atoms. The second kappa shape index (κ2) is 58.4. The first-order chi connectivity index (χ1) is 40.7. The molecule has 0 aromatic rings. The number of esters is 1. The molecule has 6 N–H and O–H groups in total. The van der Waals surface area contributed by atoms with Gasteiger partial charge in [-0.1, -0.05) is 258 Å². The first kappa shape index (κ1) is 77.1. The van der Waals surface area contributed by atoms with Gasteiger partial charge < -0.3 is 45.1 Å². The lowest BCUT2D eigenvalue weighted by Gasteiger charge is -2.41. The van der Waals surface area contributed by atoms with E-state index in [1.54, 1.807) is 6.08 Å². The molecule has 0 spiro atoms. The van der Waals surface area contributed by atoms with E-state index in [4.69, 9.17) is 14.2 Å². The van der Waals surface area contributed by atoms with E-state index in [0.717, 1.165) is 135 Å². The molecule has 0 aromatic heterocycles. The van der Waals surface area contributed by atoms with Crippen molar-refractivity contribution in [2.45, 2.75) is 307 Å². The van der Waals surface area contributed by atoms with Crippen molar-refractivity contribution in [2.24, 2.45) is 0 Å². The quantitative estimate of drug-likeness (QED) is 0.0195. The number of aliphatic hydroxyl groups is 5. The van der Waals surface area contributed by atoms with Crippen LogP contribution < -0.4 is 5.32 Å². The number of hydrogen-bond acceptors (Lipinski definition) is 10. The minimum Gasteiger partial charge on any atom is -0.454 e. The highest BCUT2D eigenvalue weighted by Crippen LogP contribution is 2.26. The van der Waals surface area contributed by atoms with Crippen LogP contribution in [0.1, 0.15) is 258 Å². The zero-order valence-electron chi connectivity index (χ0n) is 52.5. The summed E-state index contributed by atoms with van der Waals surface area (Å²) in [5.41, 5.74) is 0. The van der Waals surface area contributed by atoms with E-state index in [2.05, 4.69) is 135 Å². The predicted molar refractivity (Wildman–Crippen MR) is 347 cm³/mol. The van der Waals surface area contributed by atoms with Gasteiger partial charge in [0.05, 0.1) is 25.4 Å². The molecule has 0 bridgehead atoms. The number of unbranched alkanes of at least 4 members (excludes halogenated alkanes) is 23. The second-order valence-corrected chi connectivity index (χ2v) is 22.5. The fourth-order valence-electron chi connectivity index (χ4n) is 9.60. The molecule has 1 rings (SSSR count). The zero-order chi connectivity index (χ0) is 60.3. The summed E-state index contributed by atoms with van der Waals surface area (Å²) in [5.74, 6) is -1.25. The topological polar surface area (TPSA) is 175 Å². The van der Waals surface area contributed by atoms with Crippen LogP contribution in [0.15, 0.2) is 122 Å². The Balaban J connectivity index is 2.69. The Morgan fingerprint density at radius 2 is 0.867 bits per heavy atom. The van der Waals surface area contributed by atoms with Gasteiger partial charge in [0.1, 0.15) is 24.4 Å². The Kier molecular flexibility index (Phi) is 54.3. The third-order valence-electron chi connectivity index (χ3n) is 14.8. The van der Waals surface area contributed by atoms with Gasteiger partial charge >= 0.3 is 5.97 Å². The van der Waals surface area contributed by atoms with E-state index in [0.29, 0.717) is 12.8 Å². The number of hydrogen-bond donors (Lipinski definition) is 6. The van der Waals surface area contributed by atoms with Gasteiger partial charge in [0.2, 0.25) is 5.91 Å². The molecule has 1 aliphatic rings. The van der Waals surface area contributed by atoms with Crippen molar-refractivity contribution in [1.29, 1.82) is 0 Å². The highest BCUT2D eigenvalue weighted by atomic mass is 16.7. The van der Waals surface area contributed by atoms with Crippen molar-refractivity contribution in [3.63, 3.8) is 0 Å². The van der Waals surface area contributed by atoms with Crippen molar-refractivity contribution >= 4 is 11.9 Å². The van der Waals surface area contributed by atoms with Crippen molar-refractivity contribution in [1.82, 2.24) is 5.32 Å². The number of amides is 1. The van der Waals surface area contributed by atoms with Crippen LogP contribution in [-0.4, -0.2) is 99.6 Å². The summed E-state index contributed by atoms with van der Waals surface area (Å²) < 4.78 is 17.6. The number of carbonyl (C=O) groups is 2. The number of rotatable bonds is 55. The van der Waals surface area contributed by atoms with E-state index >= 15 is 0 Å². The Morgan fingerprint density at radius 1 is 0.482 bits per heavy atom. The van der Waals surface area contributed by atoms with Crippen molar-refractivity contribution in [2.75, 3.05) is 13.2 Å². The maximum atomic E-state index is 13.5. The Morgan fingerprint density at radius 3 is 1.33 bits per heavy atom. The Hall–Kier alpha value is -3.94. The van der Waals surface area contributed by atoms with Crippen LogP contribution in [0.2, 0.25) is 0 Å². The molecule has 0 radical (unpaired) electrons. The van der Waals surface area contributed by atoms with E-state index in [-0.39, 0.29) is 19.4 Å². The second-order valence-electron chi connectivity index (χ2n) is 22.5. The van der Waals surface area contributed by atoms with E-state index in [1.165, 1.54) is 77.0 Å². The predicted octanol–water partition coefficient (Wildman–Crippen LogP) is 16.6. The van der Waals surface area contributed by atoms with Crippen molar-refractivity contribution in [3.8, 4) is 0 Å². The Labute approximate surface area is 506 Å². The monoisotopic (exact) mass is 1160 g/mol. The lowest BCUT2D eigenvalue weighted by atomic mass is 9.99. The molecule has 8 unspecified atom stereocenters. The summed E-state index contributed by atoms with van der Waals surface area (Å²) in [5, 5.41) is 57.1. The lowest BCUT2D eigenvalue weighted by molar-refractivity contribution is -0.305. The summed E-state index contributed by atoms with van der Waals surface area (Å²) >= 11 is 0. The van der Waals surface area contributed by atoms with Crippen LogP contribution in [0.4, 0.5) is 0 Å². The van der Waals surface area contributed by atoms with Crippen LogP contribution in [-0.2, 0) is 23.8 Å². The maximum Gasteiger partial charge on any atom is 0.306 e. The standard InChI is InChI=1S/C72H121NO10/c1-4-7-10-13-16-19-22-25-27-29-31-32-33-35-36-38-41-44-47-50-53-56-59-65(76)71(80)73-63(64(75)58-55-52-49-46-43-40-24-21-18-15-12-9-6-3)62-81-72-70(69(79)68(78)66(61-74)82-72)83-67(77)60-57-54-51-48-45-42-39-37-34-30-28-26-23-20-17-14-11-8-5-2/h8,11,16-17,19-20,25-28,31-32,34-37,42,45,55,58,63-66,68-70,72,74-76,78-79H,4-7,9-10,12-15,18,21-24,29-30,33,38-41,43-44,46-54,56-57,59-62H2,1-3H3,(H,73,80)/b11-8-,19-16-,20-17-,27-25-,28-26-,32-31-,36-35-,37-34-,45-42-,58-55+. The average Bonchev–Trinajstić information content (AvgIpc) is 3.58.